The van der Waals surface area contributed by atoms with E-state index in [9.17, 15) is 18.0 Å². The molecule has 160 valence electrons. The lowest BCUT2D eigenvalue weighted by Gasteiger charge is -2.29. The van der Waals surface area contributed by atoms with Crippen LogP contribution < -0.4 is 11.1 Å². The topological polar surface area (TPSA) is 58.0 Å². The minimum atomic E-state index is -0.886. The summed E-state index contributed by atoms with van der Waals surface area (Å²) in [6.07, 6.45) is 5.95. The second kappa shape index (κ2) is 9.08. The molecule has 3 aromatic rings. The number of rotatable bonds is 7. The van der Waals surface area contributed by atoms with Crippen molar-refractivity contribution in [2.75, 3.05) is 6.54 Å². The van der Waals surface area contributed by atoms with E-state index in [0.29, 0.717) is 24.0 Å². The number of fused-ring (bicyclic) bond motifs is 1. The van der Waals surface area contributed by atoms with E-state index in [4.69, 9.17) is 4.42 Å². The van der Waals surface area contributed by atoms with Gasteiger partial charge in [-0.2, -0.15) is 0 Å². The van der Waals surface area contributed by atoms with E-state index in [0.717, 1.165) is 56.3 Å². The quantitative estimate of drug-likeness (QED) is 0.520. The third kappa shape index (κ3) is 4.78. The molecule has 0 saturated heterocycles. The van der Waals surface area contributed by atoms with E-state index in [2.05, 4.69) is 16.4 Å². The van der Waals surface area contributed by atoms with E-state index in [-0.39, 0.29) is 12.0 Å². The van der Waals surface area contributed by atoms with Gasteiger partial charge in [-0.15, -0.1) is 0 Å². The Kier molecular flexibility index (Phi) is 6.27. The van der Waals surface area contributed by atoms with Crippen molar-refractivity contribution in [3.05, 3.63) is 69.5 Å². The Morgan fingerprint density at radius 1 is 1.00 bits per heavy atom. The summed E-state index contributed by atoms with van der Waals surface area (Å²) in [4.78, 5) is 14.0. The number of nitrogens with one attached hydrogen (secondary N) is 2. The highest BCUT2D eigenvalue weighted by atomic mass is 19.1. The number of benzene rings is 2. The lowest BCUT2D eigenvalue weighted by molar-refractivity contribution is 0.341. The van der Waals surface area contributed by atoms with Crippen LogP contribution in [0.5, 0.6) is 0 Å². The van der Waals surface area contributed by atoms with E-state index >= 15 is 0 Å². The van der Waals surface area contributed by atoms with Crippen LogP contribution in [0.15, 0.2) is 39.5 Å². The van der Waals surface area contributed by atoms with Gasteiger partial charge in [-0.25, -0.2) is 18.0 Å². The molecule has 0 atom stereocenters. The molecule has 2 aromatic carbocycles. The van der Waals surface area contributed by atoms with Crippen molar-refractivity contribution in [1.29, 1.82) is 0 Å². The van der Waals surface area contributed by atoms with Crippen LogP contribution in [-0.4, -0.2) is 17.6 Å². The zero-order chi connectivity index (χ0) is 21.1. The number of aromatic amines is 1. The van der Waals surface area contributed by atoms with Crippen LogP contribution in [0.4, 0.5) is 13.2 Å². The van der Waals surface area contributed by atoms with Gasteiger partial charge >= 0.3 is 5.76 Å². The average Bonchev–Trinajstić information content (AvgIpc) is 3.09. The van der Waals surface area contributed by atoms with Gasteiger partial charge in [0.1, 0.15) is 17.5 Å². The van der Waals surface area contributed by atoms with Gasteiger partial charge < -0.3 is 9.73 Å². The molecule has 1 aliphatic rings. The van der Waals surface area contributed by atoms with Crippen molar-refractivity contribution in [1.82, 2.24) is 10.3 Å². The number of hydrogen-bond acceptors (Lipinski definition) is 3. The molecule has 1 aliphatic carbocycles. The molecule has 4 rings (SSSR count). The van der Waals surface area contributed by atoms with Gasteiger partial charge in [0.05, 0.1) is 5.52 Å². The zero-order valence-electron chi connectivity index (χ0n) is 16.6. The Balaban J connectivity index is 1.19. The van der Waals surface area contributed by atoms with Crippen LogP contribution in [-0.2, 0) is 6.42 Å². The number of aromatic nitrogens is 1. The SMILES string of the molecule is O=c1[nH]c2ccc(C3CCC(NCCCCc4c(F)cc(F)cc4F)CC3)cc2o1. The maximum atomic E-state index is 13.7. The first-order chi connectivity index (χ1) is 14.5. The van der Waals surface area contributed by atoms with Gasteiger partial charge in [0.25, 0.3) is 0 Å². The molecular formula is C23H25F3N2O2. The third-order valence-electron chi connectivity index (χ3n) is 6.04. The summed E-state index contributed by atoms with van der Waals surface area (Å²) in [5.41, 5.74) is 2.49. The van der Waals surface area contributed by atoms with Gasteiger partial charge in [-0.1, -0.05) is 6.07 Å². The molecule has 0 radical (unpaired) electrons. The van der Waals surface area contributed by atoms with E-state index in [1.54, 1.807) is 0 Å². The van der Waals surface area contributed by atoms with Crippen molar-refractivity contribution in [3.8, 4) is 0 Å². The molecule has 1 saturated carbocycles. The Bertz CT molecular complexity index is 1040. The summed E-state index contributed by atoms with van der Waals surface area (Å²) in [5, 5.41) is 3.54. The Morgan fingerprint density at radius 2 is 1.73 bits per heavy atom. The lowest BCUT2D eigenvalue weighted by Crippen LogP contribution is -2.33. The monoisotopic (exact) mass is 418 g/mol. The molecule has 1 aromatic heterocycles. The minimum absolute atomic E-state index is 0.0351. The molecule has 1 heterocycles. The zero-order valence-corrected chi connectivity index (χ0v) is 16.6. The van der Waals surface area contributed by atoms with Crippen molar-refractivity contribution in [2.24, 2.45) is 0 Å². The molecule has 0 spiro atoms. The van der Waals surface area contributed by atoms with Crippen LogP contribution in [0.1, 0.15) is 55.6 Å². The van der Waals surface area contributed by atoms with E-state index in [1.165, 1.54) is 5.56 Å². The fourth-order valence-corrected chi connectivity index (χ4v) is 4.39. The van der Waals surface area contributed by atoms with E-state index < -0.39 is 23.2 Å². The number of H-pyrrole nitrogens is 1. The van der Waals surface area contributed by atoms with Crippen LogP contribution >= 0.6 is 0 Å². The fourth-order valence-electron chi connectivity index (χ4n) is 4.39. The molecule has 0 unspecified atom stereocenters. The van der Waals surface area contributed by atoms with Crippen LogP contribution in [0.2, 0.25) is 0 Å². The average molecular weight is 418 g/mol. The maximum Gasteiger partial charge on any atom is 0.417 e. The van der Waals surface area contributed by atoms with Gasteiger partial charge in [0, 0.05) is 23.7 Å². The Morgan fingerprint density at radius 3 is 2.47 bits per heavy atom. The van der Waals surface area contributed by atoms with Crippen LogP contribution in [0.25, 0.3) is 11.1 Å². The predicted molar refractivity (Wildman–Crippen MR) is 109 cm³/mol. The third-order valence-corrected chi connectivity index (χ3v) is 6.04. The molecule has 0 bridgehead atoms. The first-order valence-electron chi connectivity index (χ1n) is 10.5. The standard InChI is InChI=1S/C23H25F3N2O2/c24-16-12-19(25)18(20(26)13-16)3-1-2-10-27-17-7-4-14(5-8-17)15-6-9-21-22(11-15)30-23(29)28-21/h6,9,11-14,17,27H,1-5,7-8,10H2,(H,28,29). The number of halogens is 3. The fraction of sp³-hybridized carbons (Fsp3) is 0.435. The molecule has 2 N–H and O–H groups in total. The first-order valence-corrected chi connectivity index (χ1v) is 10.5. The smallest absolute Gasteiger partial charge is 0.408 e. The lowest BCUT2D eigenvalue weighted by atomic mass is 9.81. The van der Waals surface area contributed by atoms with Crippen molar-refractivity contribution in [2.45, 2.75) is 56.9 Å². The highest BCUT2D eigenvalue weighted by Gasteiger charge is 2.22. The molecule has 30 heavy (non-hydrogen) atoms. The highest BCUT2D eigenvalue weighted by molar-refractivity contribution is 5.72. The van der Waals surface area contributed by atoms with Crippen molar-refractivity contribution in [3.63, 3.8) is 0 Å². The molecule has 7 heteroatoms. The molecule has 0 aliphatic heterocycles. The summed E-state index contributed by atoms with van der Waals surface area (Å²) < 4.78 is 45.4. The molecule has 0 amide bonds. The van der Waals surface area contributed by atoms with Gasteiger partial charge in [0.15, 0.2) is 5.58 Å². The molecule has 1 fully saturated rings. The number of unbranched alkanes of at least 4 members (excludes halogenated alkanes) is 1. The van der Waals surface area contributed by atoms with Crippen LogP contribution in [0, 0.1) is 17.5 Å². The maximum absolute atomic E-state index is 13.7. The first kappa shape index (κ1) is 20.7. The summed E-state index contributed by atoms with van der Waals surface area (Å²) >= 11 is 0. The van der Waals surface area contributed by atoms with Crippen molar-refractivity contribution < 1.29 is 17.6 Å². The molecular weight excluding hydrogens is 393 g/mol. The van der Waals surface area contributed by atoms with E-state index in [1.807, 2.05) is 12.1 Å². The highest BCUT2D eigenvalue weighted by Crippen LogP contribution is 2.34. The van der Waals surface area contributed by atoms with Gasteiger partial charge in [-0.05, 0) is 75.1 Å². The largest absolute Gasteiger partial charge is 0.417 e. The Labute approximate surface area is 172 Å². The summed E-state index contributed by atoms with van der Waals surface area (Å²) in [6, 6.07) is 7.81. The Hall–Kier alpha value is -2.54. The second-order valence-electron chi connectivity index (χ2n) is 8.08. The van der Waals surface area contributed by atoms with Crippen molar-refractivity contribution >= 4 is 11.1 Å². The van der Waals surface area contributed by atoms with Crippen LogP contribution in [0.3, 0.4) is 0 Å². The molecule has 4 nitrogen and oxygen atoms in total. The predicted octanol–water partition coefficient (Wildman–Crippen LogP) is 5.18. The number of hydrogen-bond donors (Lipinski definition) is 2. The summed E-state index contributed by atoms with van der Waals surface area (Å²) in [7, 11) is 0. The minimum Gasteiger partial charge on any atom is -0.408 e. The normalized spacial score (nSPS) is 19.4. The van der Waals surface area contributed by atoms with Gasteiger partial charge in [-0.3, -0.25) is 4.98 Å². The number of oxazole rings is 1. The summed E-state index contributed by atoms with van der Waals surface area (Å²) in [6.45, 7) is 0.792. The van der Waals surface area contributed by atoms with Gasteiger partial charge in [0.2, 0.25) is 0 Å². The summed E-state index contributed by atoms with van der Waals surface area (Å²) in [5.74, 6) is -2.48. The second-order valence-corrected chi connectivity index (χ2v) is 8.08.